The first-order valence-electron chi connectivity index (χ1n) is 7.17. The molecule has 1 aliphatic heterocycles. The summed E-state index contributed by atoms with van der Waals surface area (Å²) in [6, 6.07) is 14.2. The average molecular weight is 280 g/mol. The smallest absolute Gasteiger partial charge is 0.123 e. The van der Waals surface area contributed by atoms with Gasteiger partial charge in [0.25, 0.3) is 0 Å². The summed E-state index contributed by atoms with van der Waals surface area (Å²) in [5.41, 5.74) is 14.5. The van der Waals surface area contributed by atoms with Gasteiger partial charge in [0.15, 0.2) is 0 Å². The number of nitrogen functional groups attached to an aromatic ring is 1. The van der Waals surface area contributed by atoms with Crippen molar-refractivity contribution in [3.8, 4) is 0 Å². The lowest BCUT2D eigenvalue weighted by Crippen LogP contribution is -2.32. The summed E-state index contributed by atoms with van der Waals surface area (Å²) < 4.78 is 0. The van der Waals surface area contributed by atoms with Crippen LogP contribution in [0, 0.1) is 13.8 Å². The highest BCUT2D eigenvalue weighted by Crippen LogP contribution is 2.27. The van der Waals surface area contributed by atoms with Gasteiger partial charge in [-0.25, -0.2) is 4.99 Å². The maximum absolute atomic E-state index is 5.92. The molecule has 0 radical (unpaired) electrons. The number of nitrogens with one attached hydrogen (secondary N) is 1. The van der Waals surface area contributed by atoms with E-state index in [1.807, 2.05) is 37.3 Å². The van der Waals surface area contributed by atoms with E-state index in [0.717, 1.165) is 47.0 Å². The summed E-state index contributed by atoms with van der Waals surface area (Å²) in [6.45, 7) is 5.03. The molecule has 0 bridgehead atoms. The van der Waals surface area contributed by atoms with Crippen LogP contribution in [-0.2, 0) is 0 Å². The van der Waals surface area contributed by atoms with Crippen molar-refractivity contribution < 1.29 is 0 Å². The lowest BCUT2D eigenvalue weighted by Gasteiger charge is -2.17. The highest BCUT2D eigenvalue weighted by Gasteiger charge is 2.17. The Kier molecular flexibility index (Phi) is 3.52. The van der Waals surface area contributed by atoms with Crippen LogP contribution in [0.5, 0.6) is 0 Å². The Morgan fingerprint density at radius 2 is 1.81 bits per heavy atom. The minimum Gasteiger partial charge on any atom is -0.399 e. The van der Waals surface area contributed by atoms with E-state index in [4.69, 9.17) is 10.7 Å². The molecule has 0 unspecified atom stereocenters. The van der Waals surface area contributed by atoms with Crippen LogP contribution in [0.2, 0.25) is 0 Å². The van der Waals surface area contributed by atoms with Crippen molar-refractivity contribution in [2.24, 2.45) is 4.99 Å². The van der Waals surface area contributed by atoms with E-state index in [2.05, 4.69) is 29.5 Å². The van der Waals surface area contributed by atoms with E-state index < -0.39 is 0 Å². The Morgan fingerprint density at radius 1 is 1.05 bits per heavy atom. The number of rotatable bonds is 2. The third-order valence-corrected chi connectivity index (χ3v) is 3.96. The Bertz CT molecular complexity index is 677. The second-order valence-electron chi connectivity index (χ2n) is 5.33. The fourth-order valence-corrected chi connectivity index (χ4v) is 2.46. The molecule has 2 aromatic rings. The minimum absolute atomic E-state index is 0.821. The number of nitrogens with two attached hydrogens (primary N) is 1. The molecular weight excluding hydrogens is 260 g/mol. The average Bonchev–Trinajstić information content (AvgIpc) is 2.97. The molecule has 0 spiro atoms. The Hall–Kier alpha value is -2.49. The molecule has 4 nitrogen and oxygen atoms in total. The first kappa shape index (κ1) is 13.5. The molecule has 108 valence electrons. The van der Waals surface area contributed by atoms with E-state index in [-0.39, 0.29) is 0 Å². The third kappa shape index (κ3) is 2.70. The van der Waals surface area contributed by atoms with Gasteiger partial charge in [-0.05, 0) is 49.2 Å². The number of para-hydroxylation sites is 1. The second kappa shape index (κ2) is 5.48. The summed E-state index contributed by atoms with van der Waals surface area (Å²) in [5, 5.41) is 2.12. The monoisotopic (exact) mass is 280 g/mol. The fraction of sp³-hybridized carbons (Fsp3) is 0.235. The molecule has 1 aliphatic rings. The lowest BCUT2D eigenvalue weighted by atomic mass is 10.1. The quantitative estimate of drug-likeness (QED) is 0.830. The molecular formula is C17H20N4. The summed E-state index contributed by atoms with van der Waals surface area (Å²) >= 11 is 0. The highest BCUT2D eigenvalue weighted by atomic mass is 15.5. The predicted octanol–water partition coefficient (Wildman–Crippen LogP) is 3.33. The maximum Gasteiger partial charge on any atom is 0.123 e. The summed E-state index contributed by atoms with van der Waals surface area (Å²) in [5.74, 6) is 0.992. The SMILES string of the molecule is Cc1c(N)ccc(N=C2CCN(c3ccccc3)N2)c1C. The summed E-state index contributed by atoms with van der Waals surface area (Å²) in [4.78, 5) is 4.74. The molecule has 0 saturated carbocycles. The van der Waals surface area contributed by atoms with Crippen LogP contribution in [0.3, 0.4) is 0 Å². The van der Waals surface area contributed by atoms with E-state index in [9.17, 15) is 0 Å². The highest BCUT2D eigenvalue weighted by molar-refractivity contribution is 5.89. The molecule has 3 rings (SSSR count). The molecule has 21 heavy (non-hydrogen) atoms. The van der Waals surface area contributed by atoms with E-state index in [1.165, 1.54) is 0 Å². The van der Waals surface area contributed by atoms with Crippen molar-refractivity contribution in [1.29, 1.82) is 0 Å². The van der Waals surface area contributed by atoms with Crippen LogP contribution >= 0.6 is 0 Å². The lowest BCUT2D eigenvalue weighted by molar-refractivity contribution is 0.858. The Labute approximate surface area is 125 Å². The Morgan fingerprint density at radius 3 is 2.57 bits per heavy atom. The zero-order chi connectivity index (χ0) is 14.8. The topological polar surface area (TPSA) is 53.6 Å². The number of benzene rings is 2. The van der Waals surface area contributed by atoms with Gasteiger partial charge in [0.2, 0.25) is 0 Å². The van der Waals surface area contributed by atoms with E-state index >= 15 is 0 Å². The van der Waals surface area contributed by atoms with Gasteiger partial charge in [0.05, 0.1) is 11.4 Å². The summed E-state index contributed by atoms with van der Waals surface area (Å²) in [6.07, 6.45) is 0.914. The van der Waals surface area contributed by atoms with Crippen LogP contribution in [-0.4, -0.2) is 12.4 Å². The van der Waals surface area contributed by atoms with Gasteiger partial charge in [0.1, 0.15) is 5.84 Å². The van der Waals surface area contributed by atoms with Crippen molar-refractivity contribution in [1.82, 2.24) is 5.43 Å². The molecule has 4 heteroatoms. The van der Waals surface area contributed by atoms with Gasteiger partial charge in [-0.15, -0.1) is 0 Å². The van der Waals surface area contributed by atoms with Gasteiger partial charge in [-0.1, -0.05) is 18.2 Å². The zero-order valence-corrected chi connectivity index (χ0v) is 12.4. The number of nitrogens with zero attached hydrogens (tertiary/aromatic N) is 2. The predicted molar refractivity (Wildman–Crippen MR) is 89.0 cm³/mol. The minimum atomic E-state index is 0.821. The first-order valence-corrected chi connectivity index (χ1v) is 7.17. The Balaban J connectivity index is 1.82. The van der Waals surface area contributed by atoms with Gasteiger partial charge in [0, 0.05) is 18.7 Å². The molecule has 1 heterocycles. The van der Waals surface area contributed by atoms with Gasteiger partial charge < -0.3 is 5.73 Å². The van der Waals surface area contributed by atoms with Crippen molar-refractivity contribution in [2.75, 3.05) is 17.3 Å². The van der Waals surface area contributed by atoms with Gasteiger partial charge in [-0.3, -0.25) is 10.4 Å². The zero-order valence-electron chi connectivity index (χ0n) is 12.4. The van der Waals surface area contributed by atoms with E-state index in [1.54, 1.807) is 0 Å². The largest absolute Gasteiger partial charge is 0.399 e. The van der Waals surface area contributed by atoms with Crippen molar-refractivity contribution in [2.45, 2.75) is 20.3 Å². The van der Waals surface area contributed by atoms with Crippen molar-refractivity contribution in [3.63, 3.8) is 0 Å². The number of hydrogen-bond donors (Lipinski definition) is 2. The van der Waals surface area contributed by atoms with Crippen molar-refractivity contribution in [3.05, 3.63) is 53.6 Å². The van der Waals surface area contributed by atoms with Crippen LogP contribution in [0.1, 0.15) is 17.5 Å². The van der Waals surface area contributed by atoms with Crippen LogP contribution < -0.4 is 16.2 Å². The van der Waals surface area contributed by atoms with Crippen molar-refractivity contribution >= 4 is 22.9 Å². The van der Waals surface area contributed by atoms with Crippen LogP contribution in [0.15, 0.2) is 47.5 Å². The number of hydrogen-bond acceptors (Lipinski definition) is 3. The number of amidine groups is 1. The van der Waals surface area contributed by atoms with Gasteiger partial charge >= 0.3 is 0 Å². The summed E-state index contributed by atoms with van der Waals surface area (Å²) in [7, 11) is 0. The standard InChI is InChI=1S/C17H20N4/c1-12-13(2)16(9-8-15(12)18)19-17-10-11-21(20-17)14-6-4-3-5-7-14/h3-9H,10-11,18H2,1-2H3,(H,19,20). The maximum atomic E-state index is 5.92. The molecule has 0 aromatic heterocycles. The molecule has 0 amide bonds. The molecule has 2 aromatic carbocycles. The third-order valence-electron chi connectivity index (χ3n) is 3.96. The van der Waals surface area contributed by atoms with Crippen LogP contribution in [0.25, 0.3) is 0 Å². The second-order valence-corrected chi connectivity index (χ2v) is 5.33. The number of hydrazine groups is 1. The molecule has 1 fully saturated rings. The van der Waals surface area contributed by atoms with Crippen LogP contribution in [0.4, 0.5) is 17.1 Å². The number of aliphatic imine (C=N–C) groups is 1. The fourth-order valence-electron chi connectivity index (χ4n) is 2.46. The number of anilines is 2. The first-order chi connectivity index (χ1) is 10.1. The molecule has 0 aliphatic carbocycles. The molecule has 1 saturated heterocycles. The normalized spacial score (nSPS) is 16.3. The van der Waals surface area contributed by atoms with E-state index in [0.29, 0.717) is 0 Å². The molecule has 3 N–H and O–H groups in total. The van der Waals surface area contributed by atoms with Gasteiger partial charge in [-0.2, -0.15) is 0 Å². The molecule has 0 atom stereocenters.